The van der Waals surface area contributed by atoms with Crippen LogP contribution >= 0.6 is 35.3 Å². The summed E-state index contributed by atoms with van der Waals surface area (Å²) in [5.74, 6) is 1.39. The van der Waals surface area contributed by atoms with Crippen LogP contribution in [0, 0.1) is 6.92 Å². The van der Waals surface area contributed by atoms with Gasteiger partial charge in [0.05, 0.1) is 17.2 Å². The number of rotatable bonds is 7. The maximum atomic E-state index is 11.6. The molecule has 1 aromatic heterocycles. The fourth-order valence-electron chi connectivity index (χ4n) is 2.38. The maximum absolute atomic E-state index is 11.6. The van der Waals surface area contributed by atoms with Crippen molar-refractivity contribution in [1.29, 1.82) is 0 Å². The molecule has 0 saturated carbocycles. The van der Waals surface area contributed by atoms with Gasteiger partial charge in [0.25, 0.3) is 5.91 Å². The van der Waals surface area contributed by atoms with Crippen molar-refractivity contribution in [2.75, 3.05) is 34.8 Å². The summed E-state index contributed by atoms with van der Waals surface area (Å²) in [5, 5.41) is 6.47. The van der Waals surface area contributed by atoms with E-state index in [4.69, 9.17) is 4.74 Å². The number of amides is 1. The predicted octanol–water partition coefficient (Wildman–Crippen LogP) is 2.74. The third kappa shape index (κ3) is 7.63. The first-order valence-electron chi connectivity index (χ1n) is 8.63. The van der Waals surface area contributed by atoms with E-state index >= 15 is 0 Å². The van der Waals surface area contributed by atoms with E-state index in [9.17, 15) is 4.79 Å². The first kappa shape index (κ1) is 24.2. The Morgan fingerprint density at radius 3 is 2.68 bits per heavy atom. The summed E-state index contributed by atoms with van der Waals surface area (Å²) in [6, 6.07) is 7.69. The molecule has 0 spiro atoms. The van der Waals surface area contributed by atoms with E-state index in [0.717, 1.165) is 22.2 Å². The van der Waals surface area contributed by atoms with Crippen LogP contribution in [0.3, 0.4) is 0 Å². The van der Waals surface area contributed by atoms with E-state index in [-0.39, 0.29) is 36.5 Å². The zero-order valence-electron chi connectivity index (χ0n) is 16.9. The Morgan fingerprint density at radius 1 is 1.32 bits per heavy atom. The van der Waals surface area contributed by atoms with Crippen LogP contribution in [0.25, 0.3) is 0 Å². The number of hydrogen-bond donors (Lipinski definition) is 1. The average Bonchev–Trinajstić information content (AvgIpc) is 3.05. The first-order valence-corrected chi connectivity index (χ1v) is 9.51. The van der Waals surface area contributed by atoms with E-state index in [2.05, 4.69) is 20.7 Å². The molecule has 2 rings (SSSR count). The zero-order valence-corrected chi connectivity index (χ0v) is 20.1. The van der Waals surface area contributed by atoms with E-state index in [1.807, 2.05) is 43.1 Å². The zero-order chi connectivity index (χ0) is 19.8. The van der Waals surface area contributed by atoms with Crippen LogP contribution in [0.4, 0.5) is 0 Å². The number of guanidine groups is 1. The molecular formula is C19H28IN5O2S. The summed E-state index contributed by atoms with van der Waals surface area (Å²) < 4.78 is 5.56. The number of aromatic nitrogens is 1. The quantitative estimate of drug-likeness (QED) is 0.348. The number of aryl methyl sites for hydroxylation is 1. The molecule has 0 aliphatic heterocycles. The number of ether oxygens (including phenoxy) is 1. The summed E-state index contributed by atoms with van der Waals surface area (Å²) in [6.45, 7) is 3.33. The maximum Gasteiger partial charge on any atom is 0.259 e. The number of carbonyl (C=O) groups is 1. The highest BCUT2D eigenvalue weighted by Crippen LogP contribution is 2.14. The second-order valence-electron chi connectivity index (χ2n) is 6.34. The number of benzene rings is 1. The minimum Gasteiger partial charge on any atom is -0.484 e. The molecule has 0 aliphatic rings. The molecule has 28 heavy (non-hydrogen) atoms. The van der Waals surface area contributed by atoms with Gasteiger partial charge in [0, 0.05) is 40.1 Å². The van der Waals surface area contributed by atoms with Gasteiger partial charge >= 0.3 is 0 Å². The third-order valence-corrected chi connectivity index (χ3v) is 4.67. The van der Waals surface area contributed by atoms with Crippen molar-refractivity contribution in [3.8, 4) is 5.75 Å². The predicted molar refractivity (Wildman–Crippen MR) is 125 cm³/mol. The van der Waals surface area contributed by atoms with E-state index in [1.54, 1.807) is 32.5 Å². The van der Waals surface area contributed by atoms with Crippen LogP contribution in [-0.2, 0) is 17.9 Å². The molecule has 7 nitrogen and oxygen atoms in total. The van der Waals surface area contributed by atoms with Crippen LogP contribution in [-0.4, -0.2) is 61.4 Å². The lowest BCUT2D eigenvalue weighted by molar-refractivity contribution is -0.130. The van der Waals surface area contributed by atoms with Crippen LogP contribution < -0.4 is 10.1 Å². The highest BCUT2D eigenvalue weighted by atomic mass is 127. The van der Waals surface area contributed by atoms with E-state index in [1.165, 1.54) is 4.90 Å². The molecule has 1 N–H and O–H groups in total. The summed E-state index contributed by atoms with van der Waals surface area (Å²) in [4.78, 5) is 24.0. The largest absolute Gasteiger partial charge is 0.484 e. The lowest BCUT2D eigenvalue weighted by atomic mass is 10.2. The van der Waals surface area contributed by atoms with Crippen molar-refractivity contribution in [2.45, 2.75) is 20.0 Å². The lowest BCUT2D eigenvalue weighted by Crippen LogP contribution is -2.38. The number of likely N-dealkylation sites (N-methyl/N-ethyl adjacent to an activating group) is 1. The highest BCUT2D eigenvalue weighted by Gasteiger charge is 2.09. The number of halogens is 1. The molecule has 2 aromatic rings. The number of nitrogens with one attached hydrogen (secondary N) is 1. The SMILES string of the molecule is CN=C(NCc1cccc(OCC(=O)N(C)C)c1)N(C)Cc1csc(C)n1.I. The minimum atomic E-state index is -0.0715. The standard InChI is InChI=1S/C19H27N5O2S.HI/c1-14-22-16(13-27-14)11-24(5)19(20-2)21-10-15-7-6-8-17(9-15)26-12-18(25)23(3)4;/h6-9,13H,10-12H2,1-5H3,(H,20,21);1H. The molecule has 1 amide bonds. The van der Waals surface area contributed by atoms with Gasteiger partial charge in [0.15, 0.2) is 12.6 Å². The summed E-state index contributed by atoms with van der Waals surface area (Å²) >= 11 is 1.65. The number of nitrogens with zero attached hydrogens (tertiary/aromatic N) is 4. The lowest BCUT2D eigenvalue weighted by Gasteiger charge is -2.21. The fourth-order valence-corrected chi connectivity index (χ4v) is 2.99. The molecule has 0 atom stereocenters. The van der Waals surface area contributed by atoms with Gasteiger partial charge in [0.2, 0.25) is 0 Å². The Balaban J connectivity index is 0.00000392. The number of hydrogen-bond acceptors (Lipinski definition) is 5. The van der Waals surface area contributed by atoms with Crippen molar-refractivity contribution >= 4 is 47.2 Å². The van der Waals surface area contributed by atoms with E-state index < -0.39 is 0 Å². The van der Waals surface area contributed by atoms with Crippen LogP contribution in [0.2, 0.25) is 0 Å². The summed E-state index contributed by atoms with van der Waals surface area (Å²) in [5.41, 5.74) is 2.08. The van der Waals surface area contributed by atoms with Crippen molar-refractivity contribution in [2.24, 2.45) is 4.99 Å². The molecule has 0 fully saturated rings. The number of carbonyl (C=O) groups excluding carboxylic acids is 1. The van der Waals surface area contributed by atoms with Crippen LogP contribution in [0.1, 0.15) is 16.3 Å². The minimum absolute atomic E-state index is 0. The molecule has 0 saturated heterocycles. The van der Waals surface area contributed by atoms with Crippen molar-refractivity contribution in [3.05, 3.63) is 45.9 Å². The van der Waals surface area contributed by atoms with Gasteiger partial charge < -0.3 is 19.9 Å². The van der Waals surface area contributed by atoms with Gasteiger partial charge in [-0.15, -0.1) is 35.3 Å². The monoisotopic (exact) mass is 517 g/mol. The Morgan fingerprint density at radius 2 is 2.07 bits per heavy atom. The summed E-state index contributed by atoms with van der Waals surface area (Å²) in [6.07, 6.45) is 0. The van der Waals surface area contributed by atoms with Gasteiger partial charge in [0.1, 0.15) is 5.75 Å². The molecule has 1 aromatic carbocycles. The van der Waals surface area contributed by atoms with E-state index in [0.29, 0.717) is 18.8 Å². The first-order chi connectivity index (χ1) is 12.9. The van der Waals surface area contributed by atoms with Gasteiger partial charge in [-0.05, 0) is 24.6 Å². The molecule has 0 unspecified atom stereocenters. The van der Waals surface area contributed by atoms with Gasteiger partial charge in [-0.1, -0.05) is 12.1 Å². The van der Waals surface area contributed by atoms with Crippen molar-refractivity contribution < 1.29 is 9.53 Å². The smallest absolute Gasteiger partial charge is 0.259 e. The topological polar surface area (TPSA) is 70.1 Å². The molecule has 0 bridgehead atoms. The fraction of sp³-hybridized carbons (Fsp3) is 0.421. The highest BCUT2D eigenvalue weighted by molar-refractivity contribution is 14.0. The number of thiazole rings is 1. The van der Waals surface area contributed by atoms with Crippen LogP contribution in [0.5, 0.6) is 5.75 Å². The van der Waals surface area contributed by atoms with Gasteiger partial charge in [-0.2, -0.15) is 0 Å². The third-order valence-electron chi connectivity index (χ3n) is 3.85. The van der Waals surface area contributed by atoms with Gasteiger partial charge in [-0.3, -0.25) is 9.79 Å². The normalized spacial score (nSPS) is 10.8. The van der Waals surface area contributed by atoms with Gasteiger partial charge in [-0.25, -0.2) is 4.98 Å². The Bertz CT molecular complexity index is 794. The second-order valence-corrected chi connectivity index (χ2v) is 7.40. The van der Waals surface area contributed by atoms with Crippen molar-refractivity contribution in [3.63, 3.8) is 0 Å². The Hall–Kier alpha value is -1.88. The van der Waals surface area contributed by atoms with Crippen LogP contribution in [0.15, 0.2) is 34.6 Å². The second kappa shape index (κ2) is 11.8. The molecule has 9 heteroatoms. The average molecular weight is 517 g/mol. The molecule has 1 heterocycles. The Labute approximate surface area is 187 Å². The summed E-state index contributed by atoms with van der Waals surface area (Å²) in [7, 11) is 7.16. The molecule has 0 aliphatic carbocycles. The molecule has 154 valence electrons. The number of aliphatic imine (C=N–C) groups is 1. The van der Waals surface area contributed by atoms with Crippen molar-refractivity contribution in [1.82, 2.24) is 20.1 Å². The molecule has 0 radical (unpaired) electrons. The molecular weight excluding hydrogens is 489 g/mol. The Kier molecular flexibility index (Phi) is 10.2.